The van der Waals surface area contributed by atoms with Crippen LogP contribution in [0.25, 0.3) is 0 Å². The van der Waals surface area contributed by atoms with E-state index in [1.165, 1.54) is 0 Å². The Hall–Kier alpha value is -1.43. The van der Waals surface area contributed by atoms with Gasteiger partial charge in [0.05, 0.1) is 12.1 Å². The minimum absolute atomic E-state index is 0.327. The van der Waals surface area contributed by atoms with Gasteiger partial charge in [-0.25, -0.2) is 4.39 Å². The van der Waals surface area contributed by atoms with Gasteiger partial charge in [0.15, 0.2) is 5.78 Å². The van der Waals surface area contributed by atoms with Gasteiger partial charge in [-0.2, -0.15) is 13.2 Å². The molecule has 0 radical (unpaired) electrons. The first-order valence-electron chi connectivity index (χ1n) is 3.95. The summed E-state index contributed by atoms with van der Waals surface area (Å²) in [6.45, 7) is -0.458. The lowest BCUT2D eigenvalue weighted by molar-refractivity contribution is -0.137. The first-order chi connectivity index (χ1) is 6.84. The number of rotatable bonds is 2. The summed E-state index contributed by atoms with van der Waals surface area (Å²) in [7, 11) is 0. The molecular weight excluding hydrogens is 214 g/mol. The molecule has 0 aliphatic heterocycles. The van der Waals surface area contributed by atoms with Crippen molar-refractivity contribution >= 4 is 5.78 Å². The van der Waals surface area contributed by atoms with E-state index < -0.39 is 29.9 Å². The number of Topliss-reactive ketones (excluding diaryl/α,β-unsaturated/α-hetero) is 1. The van der Waals surface area contributed by atoms with Crippen LogP contribution in [-0.2, 0) is 6.18 Å². The number of halogens is 4. The zero-order valence-electron chi connectivity index (χ0n) is 7.44. The number of benzene rings is 1. The van der Waals surface area contributed by atoms with Crippen molar-refractivity contribution in [3.05, 3.63) is 35.1 Å². The molecule has 0 unspecified atom stereocenters. The Bertz CT molecular complexity index is 386. The average molecular weight is 221 g/mol. The number of alkyl halides is 3. The van der Waals surface area contributed by atoms with Gasteiger partial charge in [0.1, 0.15) is 5.82 Å². The van der Waals surface area contributed by atoms with Crippen LogP contribution in [0.1, 0.15) is 15.9 Å². The normalized spacial score (nSPS) is 11.5. The molecule has 0 aliphatic carbocycles. The summed E-state index contributed by atoms with van der Waals surface area (Å²) in [6.07, 6.45) is -4.67. The smallest absolute Gasteiger partial charge is 0.324 e. The van der Waals surface area contributed by atoms with Crippen LogP contribution in [0.3, 0.4) is 0 Å². The Labute approximate surface area is 82.7 Å². The molecule has 0 bridgehead atoms. The van der Waals surface area contributed by atoms with Gasteiger partial charge in [-0.1, -0.05) is 0 Å². The molecule has 0 spiro atoms. The summed E-state index contributed by atoms with van der Waals surface area (Å²) in [6, 6.07) is 1.63. The van der Waals surface area contributed by atoms with Crippen LogP contribution < -0.4 is 5.73 Å². The van der Waals surface area contributed by atoms with Crippen molar-refractivity contribution < 1.29 is 22.4 Å². The molecule has 1 aromatic carbocycles. The van der Waals surface area contributed by atoms with Crippen LogP contribution in [0.4, 0.5) is 17.6 Å². The van der Waals surface area contributed by atoms with Crippen LogP contribution in [-0.4, -0.2) is 12.3 Å². The minimum Gasteiger partial charge on any atom is -0.324 e. The molecule has 15 heavy (non-hydrogen) atoms. The highest BCUT2D eigenvalue weighted by atomic mass is 19.4. The first-order valence-corrected chi connectivity index (χ1v) is 3.95. The van der Waals surface area contributed by atoms with Gasteiger partial charge in [0.2, 0.25) is 0 Å². The molecule has 0 heterocycles. The van der Waals surface area contributed by atoms with E-state index in [9.17, 15) is 22.4 Å². The van der Waals surface area contributed by atoms with Crippen LogP contribution in [0, 0.1) is 5.82 Å². The summed E-state index contributed by atoms with van der Waals surface area (Å²) in [5, 5.41) is 0. The highest BCUT2D eigenvalue weighted by molar-refractivity contribution is 5.97. The molecule has 0 amide bonds. The molecule has 2 nitrogen and oxygen atoms in total. The monoisotopic (exact) mass is 221 g/mol. The molecule has 2 N–H and O–H groups in total. The fraction of sp³-hybridized carbons (Fsp3) is 0.222. The Balaban J connectivity index is 3.23. The minimum atomic E-state index is -4.67. The predicted molar refractivity (Wildman–Crippen MR) is 44.8 cm³/mol. The van der Waals surface area contributed by atoms with Gasteiger partial charge in [-0.3, -0.25) is 4.79 Å². The van der Waals surface area contributed by atoms with Gasteiger partial charge in [0, 0.05) is 5.56 Å². The molecule has 0 saturated carbocycles. The maximum Gasteiger partial charge on any atom is 0.416 e. The number of nitrogens with two attached hydrogens (primary N) is 1. The Morgan fingerprint density at radius 3 is 2.33 bits per heavy atom. The molecule has 82 valence electrons. The third-order valence-corrected chi connectivity index (χ3v) is 1.73. The van der Waals surface area contributed by atoms with E-state index in [0.717, 1.165) is 6.07 Å². The third kappa shape index (κ3) is 2.76. The van der Waals surface area contributed by atoms with Crippen molar-refractivity contribution in [2.45, 2.75) is 6.18 Å². The van der Waals surface area contributed by atoms with Gasteiger partial charge < -0.3 is 5.73 Å². The molecule has 0 aromatic heterocycles. The van der Waals surface area contributed by atoms with Crippen LogP contribution in [0.15, 0.2) is 18.2 Å². The van der Waals surface area contributed by atoms with Crippen molar-refractivity contribution in [2.24, 2.45) is 5.73 Å². The van der Waals surface area contributed by atoms with Crippen molar-refractivity contribution in [3.8, 4) is 0 Å². The van der Waals surface area contributed by atoms with E-state index >= 15 is 0 Å². The quantitative estimate of drug-likeness (QED) is 0.613. The number of carbonyl (C=O) groups is 1. The van der Waals surface area contributed by atoms with Crippen molar-refractivity contribution in [1.82, 2.24) is 0 Å². The SMILES string of the molecule is NCC(=O)c1cc(F)cc(C(F)(F)F)c1. The van der Waals surface area contributed by atoms with Crippen LogP contribution >= 0.6 is 0 Å². The van der Waals surface area contributed by atoms with Crippen molar-refractivity contribution in [2.75, 3.05) is 6.54 Å². The largest absolute Gasteiger partial charge is 0.416 e. The van der Waals surface area contributed by atoms with E-state index in [2.05, 4.69) is 0 Å². The average Bonchev–Trinajstić information content (AvgIpc) is 2.14. The van der Waals surface area contributed by atoms with Crippen LogP contribution in [0.5, 0.6) is 0 Å². The third-order valence-electron chi connectivity index (χ3n) is 1.73. The second kappa shape index (κ2) is 3.98. The van der Waals surface area contributed by atoms with Gasteiger partial charge in [-0.15, -0.1) is 0 Å². The van der Waals surface area contributed by atoms with E-state index in [0.29, 0.717) is 12.1 Å². The van der Waals surface area contributed by atoms with Crippen LogP contribution in [0.2, 0.25) is 0 Å². The fourth-order valence-electron chi connectivity index (χ4n) is 1.03. The number of ketones is 1. The lowest BCUT2D eigenvalue weighted by Crippen LogP contribution is -2.15. The Morgan fingerprint density at radius 2 is 1.87 bits per heavy atom. The number of hydrogen-bond donors (Lipinski definition) is 1. The molecule has 6 heteroatoms. The molecular formula is C9H7F4NO. The zero-order valence-corrected chi connectivity index (χ0v) is 7.44. The highest BCUT2D eigenvalue weighted by Gasteiger charge is 2.31. The first kappa shape index (κ1) is 11.6. The summed E-state index contributed by atoms with van der Waals surface area (Å²) >= 11 is 0. The van der Waals surface area contributed by atoms with Gasteiger partial charge >= 0.3 is 6.18 Å². The topological polar surface area (TPSA) is 43.1 Å². The molecule has 0 saturated heterocycles. The van der Waals surface area contributed by atoms with E-state index in [1.807, 2.05) is 0 Å². The molecule has 1 rings (SSSR count). The Kier molecular flexibility index (Phi) is 3.09. The van der Waals surface area contributed by atoms with E-state index in [4.69, 9.17) is 5.73 Å². The molecule has 0 aliphatic rings. The van der Waals surface area contributed by atoms with Gasteiger partial charge in [-0.05, 0) is 18.2 Å². The highest BCUT2D eigenvalue weighted by Crippen LogP contribution is 2.30. The standard InChI is InChI=1S/C9H7F4NO/c10-7-2-5(8(15)4-14)1-6(3-7)9(11,12)13/h1-3H,4,14H2. The zero-order chi connectivity index (χ0) is 11.6. The van der Waals surface area contributed by atoms with E-state index in [1.54, 1.807) is 0 Å². The second-order valence-corrected chi connectivity index (χ2v) is 2.85. The predicted octanol–water partition coefficient (Wildman–Crippen LogP) is 1.99. The maximum atomic E-state index is 12.8. The fourth-order valence-corrected chi connectivity index (χ4v) is 1.03. The molecule has 0 atom stereocenters. The summed E-state index contributed by atoms with van der Waals surface area (Å²) in [5.41, 5.74) is 3.39. The van der Waals surface area contributed by atoms with E-state index in [-0.39, 0.29) is 5.56 Å². The molecule has 1 aromatic rings. The van der Waals surface area contributed by atoms with Gasteiger partial charge in [0.25, 0.3) is 0 Å². The van der Waals surface area contributed by atoms with Crippen molar-refractivity contribution in [1.29, 1.82) is 0 Å². The Morgan fingerprint density at radius 1 is 1.27 bits per heavy atom. The number of hydrogen-bond acceptors (Lipinski definition) is 2. The lowest BCUT2D eigenvalue weighted by Gasteiger charge is -2.08. The summed E-state index contributed by atoms with van der Waals surface area (Å²) in [4.78, 5) is 11.0. The lowest BCUT2D eigenvalue weighted by atomic mass is 10.1. The summed E-state index contributed by atoms with van der Waals surface area (Å²) < 4.78 is 49.4. The maximum absolute atomic E-state index is 12.8. The number of carbonyl (C=O) groups excluding carboxylic acids is 1. The summed E-state index contributed by atoms with van der Waals surface area (Å²) in [5.74, 6) is -1.85. The second-order valence-electron chi connectivity index (χ2n) is 2.85. The molecule has 0 fully saturated rings. The van der Waals surface area contributed by atoms with Crippen molar-refractivity contribution in [3.63, 3.8) is 0 Å².